The van der Waals surface area contributed by atoms with Gasteiger partial charge >= 0.3 is 5.97 Å². The molecular weight excluding hydrogens is 274 g/mol. The molecule has 0 aliphatic heterocycles. The average Bonchev–Trinajstić information content (AvgIpc) is 2.46. The standard InChI is InChI=1S/C16H14ClNO2/c1-2-13-14(16(19)20)4-3-5-15(13)18-10-11-6-8-12(17)9-7-11/h3-10H,2H2,1H3,(H,19,20). The molecule has 0 bridgehead atoms. The number of carboxylic acid groups (broad SMARTS) is 1. The summed E-state index contributed by atoms with van der Waals surface area (Å²) in [5.74, 6) is -0.926. The van der Waals surface area contributed by atoms with E-state index in [0.717, 1.165) is 11.1 Å². The number of carbonyl (C=O) groups is 1. The van der Waals surface area contributed by atoms with Gasteiger partial charge in [0.1, 0.15) is 0 Å². The molecular formula is C16H14ClNO2. The molecule has 2 rings (SSSR count). The van der Waals surface area contributed by atoms with Gasteiger partial charge in [-0.1, -0.05) is 36.7 Å². The Morgan fingerprint density at radius 2 is 1.95 bits per heavy atom. The van der Waals surface area contributed by atoms with Gasteiger partial charge < -0.3 is 5.11 Å². The molecule has 0 aliphatic rings. The van der Waals surface area contributed by atoms with Crippen LogP contribution in [0.15, 0.2) is 47.5 Å². The van der Waals surface area contributed by atoms with E-state index < -0.39 is 5.97 Å². The topological polar surface area (TPSA) is 49.7 Å². The fourth-order valence-corrected chi connectivity index (χ4v) is 2.09. The first kappa shape index (κ1) is 14.3. The van der Waals surface area contributed by atoms with Crippen molar-refractivity contribution in [1.29, 1.82) is 0 Å². The van der Waals surface area contributed by atoms with Crippen LogP contribution in [0.25, 0.3) is 0 Å². The largest absolute Gasteiger partial charge is 0.478 e. The number of aliphatic imine (C=N–C) groups is 1. The van der Waals surface area contributed by atoms with E-state index in [2.05, 4.69) is 4.99 Å². The second-order valence-electron chi connectivity index (χ2n) is 4.27. The van der Waals surface area contributed by atoms with Gasteiger partial charge in [-0.05, 0) is 41.8 Å². The first-order chi connectivity index (χ1) is 9.61. The Morgan fingerprint density at radius 3 is 2.55 bits per heavy atom. The van der Waals surface area contributed by atoms with Crippen LogP contribution in [0.2, 0.25) is 5.02 Å². The lowest BCUT2D eigenvalue weighted by Gasteiger charge is -2.06. The third-order valence-electron chi connectivity index (χ3n) is 2.96. The number of benzene rings is 2. The quantitative estimate of drug-likeness (QED) is 0.850. The monoisotopic (exact) mass is 287 g/mol. The third kappa shape index (κ3) is 3.25. The Labute approximate surface area is 122 Å². The van der Waals surface area contributed by atoms with Gasteiger partial charge in [0.25, 0.3) is 0 Å². The van der Waals surface area contributed by atoms with Crippen LogP contribution in [0.1, 0.15) is 28.4 Å². The van der Waals surface area contributed by atoms with Crippen molar-refractivity contribution in [2.75, 3.05) is 0 Å². The maximum atomic E-state index is 11.2. The molecule has 0 heterocycles. The molecule has 0 aromatic heterocycles. The van der Waals surface area contributed by atoms with Crippen molar-refractivity contribution in [3.63, 3.8) is 0 Å². The van der Waals surface area contributed by atoms with E-state index in [4.69, 9.17) is 11.6 Å². The van der Waals surface area contributed by atoms with Crippen molar-refractivity contribution in [2.45, 2.75) is 13.3 Å². The summed E-state index contributed by atoms with van der Waals surface area (Å²) in [5.41, 5.74) is 2.64. The summed E-state index contributed by atoms with van der Waals surface area (Å²) in [5, 5.41) is 9.84. The van der Waals surface area contributed by atoms with Gasteiger partial charge in [-0.15, -0.1) is 0 Å². The van der Waals surface area contributed by atoms with E-state index in [0.29, 0.717) is 22.7 Å². The van der Waals surface area contributed by atoms with Gasteiger partial charge in [-0.2, -0.15) is 0 Å². The zero-order valence-electron chi connectivity index (χ0n) is 11.0. The molecule has 20 heavy (non-hydrogen) atoms. The molecule has 0 aliphatic carbocycles. The highest BCUT2D eigenvalue weighted by atomic mass is 35.5. The molecule has 0 amide bonds. The fraction of sp³-hybridized carbons (Fsp3) is 0.125. The highest BCUT2D eigenvalue weighted by Gasteiger charge is 2.11. The Morgan fingerprint density at radius 1 is 1.25 bits per heavy atom. The van der Waals surface area contributed by atoms with Crippen LogP contribution in [0.5, 0.6) is 0 Å². The number of rotatable bonds is 4. The predicted molar refractivity (Wildman–Crippen MR) is 81.5 cm³/mol. The summed E-state index contributed by atoms with van der Waals surface area (Å²) >= 11 is 5.82. The molecule has 2 aromatic rings. The van der Waals surface area contributed by atoms with Gasteiger partial charge in [0, 0.05) is 11.2 Å². The van der Waals surface area contributed by atoms with Crippen LogP contribution < -0.4 is 0 Å². The zero-order chi connectivity index (χ0) is 14.5. The van der Waals surface area contributed by atoms with Crippen LogP contribution in [-0.2, 0) is 6.42 Å². The summed E-state index contributed by atoms with van der Waals surface area (Å²) in [6, 6.07) is 12.4. The van der Waals surface area contributed by atoms with Crippen molar-refractivity contribution in [1.82, 2.24) is 0 Å². The molecule has 4 heteroatoms. The second kappa shape index (κ2) is 6.35. The van der Waals surface area contributed by atoms with E-state index in [-0.39, 0.29) is 0 Å². The van der Waals surface area contributed by atoms with Crippen molar-refractivity contribution in [2.24, 2.45) is 4.99 Å². The van der Waals surface area contributed by atoms with Gasteiger partial charge in [0.05, 0.1) is 11.3 Å². The summed E-state index contributed by atoms with van der Waals surface area (Å²) in [6.45, 7) is 1.92. The van der Waals surface area contributed by atoms with Crippen molar-refractivity contribution < 1.29 is 9.90 Å². The lowest BCUT2D eigenvalue weighted by molar-refractivity contribution is 0.0696. The molecule has 0 saturated heterocycles. The normalized spacial score (nSPS) is 10.9. The molecule has 0 spiro atoms. The lowest BCUT2D eigenvalue weighted by Crippen LogP contribution is -2.01. The summed E-state index contributed by atoms with van der Waals surface area (Å²) < 4.78 is 0. The molecule has 0 saturated carbocycles. The molecule has 0 atom stereocenters. The zero-order valence-corrected chi connectivity index (χ0v) is 11.8. The minimum atomic E-state index is -0.926. The third-order valence-corrected chi connectivity index (χ3v) is 3.21. The summed E-state index contributed by atoms with van der Waals surface area (Å²) in [7, 11) is 0. The van der Waals surface area contributed by atoms with Crippen LogP contribution in [0.3, 0.4) is 0 Å². The number of carboxylic acids is 1. The van der Waals surface area contributed by atoms with Crippen LogP contribution in [0, 0.1) is 0 Å². The van der Waals surface area contributed by atoms with Crippen LogP contribution in [-0.4, -0.2) is 17.3 Å². The molecule has 2 aromatic carbocycles. The second-order valence-corrected chi connectivity index (χ2v) is 4.71. The molecule has 102 valence electrons. The Balaban J connectivity index is 2.36. The van der Waals surface area contributed by atoms with Gasteiger partial charge in [-0.3, -0.25) is 4.99 Å². The van der Waals surface area contributed by atoms with Gasteiger partial charge in [-0.25, -0.2) is 4.79 Å². The molecule has 0 unspecified atom stereocenters. The highest BCUT2D eigenvalue weighted by molar-refractivity contribution is 6.30. The van der Waals surface area contributed by atoms with Crippen LogP contribution in [0.4, 0.5) is 5.69 Å². The van der Waals surface area contributed by atoms with E-state index in [9.17, 15) is 9.90 Å². The fourth-order valence-electron chi connectivity index (χ4n) is 1.96. The maximum absolute atomic E-state index is 11.2. The number of hydrogen-bond acceptors (Lipinski definition) is 2. The molecule has 0 fully saturated rings. The van der Waals surface area contributed by atoms with E-state index in [1.807, 2.05) is 25.1 Å². The van der Waals surface area contributed by atoms with Gasteiger partial charge in [0.2, 0.25) is 0 Å². The maximum Gasteiger partial charge on any atom is 0.336 e. The van der Waals surface area contributed by atoms with Crippen LogP contribution >= 0.6 is 11.6 Å². The van der Waals surface area contributed by atoms with E-state index in [1.165, 1.54) is 0 Å². The van der Waals surface area contributed by atoms with Crippen molar-refractivity contribution in [3.8, 4) is 0 Å². The molecule has 0 radical (unpaired) electrons. The number of nitrogens with zero attached hydrogens (tertiary/aromatic N) is 1. The van der Waals surface area contributed by atoms with Gasteiger partial charge in [0.15, 0.2) is 0 Å². The minimum Gasteiger partial charge on any atom is -0.478 e. The predicted octanol–water partition coefficient (Wildman–Crippen LogP) is 4.35. The Hall–Kier alpha value is -2.13. The summed E-state index contributed by atoms with van der Waals surface area (Å²) in [6.07, 6.45) is 2.33. The number of aromatic carboxylic acids is 1. The van der Waals surface area contributed by atoms with Crippen molar-refractivity contribution in [3.05, 3.63) is 64.2 Å². The molecule has 1 N–H and O–H groups in total. The Kier molecular flexibility index (Phi) is 4.53. The van der Waals surface area contributed by atoms with E-state index >= 15 is 0 Å². The number of hydrogen-bond donors (Lipinski definition) is 1. The first-order valence-electron chi connectivity index (χ1n) is 6.26. The Bertz CT molecular complexity index is 648. The molecule has 3 nitrogen and oxygen atoms in total. The SMILES string of the molecule is CCc1c(N=Cc2ccc(Cl)cc2)cccc1C(=O)O. The van der Waals surface area contributed by atoms with E-state index in [1.54, 1.807) is 30.5 Å². The van der Waals surface area contributed by atoms with Crippen molar-refractivity contribution >= 4 is 29.5 Å². The summed E-state index contributed by atoms with van der Waals surface area (Å²) in [4.78, 5) is 15.6. The average molecular weight is 288 g/mol. The number of halogens is 1. The highest BCUT2D eigenvalue weighted by Crippen LogP contribution is 2.23. The smallest absolute Gasteiger partial charge is 0.336 e. The lowest BCUT2D eigenvalue weighted by atomic mass is 10.0. The first-order valence-corrected chi connectivity index (χ1v) is 6.64. The minimum absolute atomic E-state index is 0.304.